The van der Waals surface area contributed by atoms with Gasteiger partial charge in [-0.3, -0.25) is 19.3 Å². The van der Waals surface area contributed by atoms with Gasteiger partial charge < -0.3 is 26.0 Å². The number of carboxylic acid groups (broad SMARTS) is 2. The van der Waals surface area contributed by atoms with Gasteiger partial charge in [-0.15, -0.1) is 23.5 Å². The SMILES string of the molecule is O=C(CSc1ccc(C(=O)O)cc1)N[C@@H]1C(=O)N2C(C(=O)O)=C(C(Cc3ccc(O)cc3)=C3CCNC3=O)CS[C@H]12.[NaH]. The van der Waals surface area contributed by atoms with Crippen LogP contribution in [0, 0.1) is 0 Å². The standard InChI is InChI=1S/C28H25N3O8S2.Na.H/c32-16-5-1-14(2-6-16)11-19(18-9-10-29-24(18)34)20-12-41-26-22(25(35)31(26)23(20)28(38)39)30-21(33)13-40-17-7-3-15(4-8-17)27(36)37;;/h1-8,22,26,32H,9-13H2,(H,29,34)(H,30,33)(H,36,37)(H,38,39);;/t22-,26-;;/m1../s1. The van der Waals surface area contributed by atoms with Crippen LogP contribution in [0.15, 0.2) is 75.8 Å². The van der Waals surface area contributed by atoms with E-state index in [1.807, 2.05) is 0 Å². The van der Waals surface area contributed by atoms with Crippen LogP contribution in [-0.4, -0.2) is 109 Å². The van der Waals surface area contributed by atoms with Gasteiger partial charge in [0, 0.05) is 22.8 Å². The third-order valence-corrected chi connectivity index (χ3v) is 9.23. The summed E-state index contributed by atoms with van der Waals surface area (Å²) in [4.78, 5) is 63.8. The first kappa shape index (κ1) is 31.7. The Bertz CT molecular complexity index is 1510. The average Bonchev–Trinajstić information content (AvgIpc) is 3.39. The molecule has 14 heteroatoms. The molecule has 2 aromatic carbocycles. The fourth-order valence-electron chi connectivity index (χ4n) is 4.93. The van der Waals surface area contributed by atoms with E-state index in [-0.39, 0.29) is 70.4 Å². The van der Waals surface area contributed by atoms with E-state index in [4.69, 9.17) is 5.11 Å². The van der Waals surface area contributed by atoms with E-state index in [1.165, 1.54) is 52.7 Å². The van der Waals surface area contributed by atoms with E-state index < -0.39 is 35.2 Å². The third-order valence-electron chi connectivity index (χ3n) is 6.94. The number of hydrogen-bond donors (Lipinski definition) is 5. The van der Waals surface area contributed by atoms with E-state index in [0.29, 0.717) is 34.6 Å². The molecule has 2 atom stereocenters. The molecule has 0 unspecified atom stereocenters. The van der Waals surface area contributed by atoms with Crippen LogP contribution >= 0.6 is 23.5 Å². The predicted molar refractivity (Wildman–Crippen MR) is 157 cm³/mol. The number of hydrogen-bond acceptors (Lipinski definition) is 8. The summed E-state index contributed by atoms with van der Waals surface area (Å²) in [5.41, 5.74) is 2.10. The number of phenols is 1. The number of aromatic hydroxyl groups is 1. The van der Waals surface area contributed by atoms with Gasteiger partial charge in [0.2, 0.25) is 11.8 Å². The first-order valence-electron chi connectivity index (χ1n) is 12.6. The van der Waals surface area contributed by atoms with Gasteiger partial charge in [0.1, 0.15) is 22.9 Å². The first-order valence-corrected chi connectivity index (χ1v) is 14.6. The number of aliphatic carboxylic acids is 1. The number of rotatable bonds is 9. The number of nitrogens with one attached hydrogen (secondary N) is 2. The van der Waals surface area contributed by atoms with E-state index in [0.717, 1.165) is 5.56 Å². The molecule has 0 spiro atoms. The number of fused-ring (bicyclic) bond motifs is 1. The number of carboxylic acids is 2. The van der Waals surface area contributed by atoms with Crippen LogP contribution in [0.3, 0.4) is 0 Å². The third kappa shape index (κ3) is 6.55. The molecule has 0 aromatic heterocycles. The summed E-state index contributed by atoms with van der Waals surface area (Å²) in [6.45, 7) is 0.428. The fraction of sp³-hybridized carbons (Fsp3) is 0.250. The molecule has 5 rings (SSSR count). The van der Waals surface area contributed by atoms with Crippen molar-refractivity contribution in [1.82, 2.24) is 15.5 Å². The number of nitrogens with zero attached hydrogens (tertiary/aromatic N) is 1. The molecule has 3 aliphatic heterocycles. The maximum atomic E-state index is 13.2. The van der Waals surface area contributed by atoms with Crippen LogP contribution in [0.1, 0.15) is 22.3 Å². The monoisotopic (exact) mass is 619 g/mol. The Morgan fingerprint density at radius 2 is 1.71 bits per heavy atom. The number of amides is 3. The van der Waals surface area contributed by atoms with Crippen LogP contribution in [-0.2, 0) is 25.6 Å². The van der Waals surface area contributed by atoms with Crippen molar-refractivity contribution in [1.29, 1.82) is 0 Å². The van der Waals surface area contributed by atoms with Crippen molar-refractivity contribution in [3.8, 4) is 5.75 Å². The van der Waals surface area contributed by atoms with Crippen molar-refractivity contribution >= 4 is 82.7 Å². The number of benzene rings is 2. The molecule has 2 aromatic rings. The van der Waals surface area contributed by atoms with Crippen molar-refractivity contribution in [3.05, 3.63) is 82.1 Å². The van der Waals surface area contributed by atoms with Crippen molar-refractivity contribution in [2.75, 3.05) is 18.1 Å². The molecule has 2 fully saturated rings. The van der Waals surface area contributed by atoms with Gasteiger partial charge in [0.25, 0.3) is 5.91 Å². The molecule has 3 aliphatic rings. The van der Waals surface area contributed by atoms with E-state index in [1.54, 1.807) is 24.3 Å². The Labute approximate surface area is 271 Å². The minimum absolute atomic E-state index is 0. The second-order valence-electron chi connectivity index (χ2n) is 9.51. The van der Waals surface area contributed by atoms with E-state index in [9.17, 15) is 34.2 Å². The Morgan fingerprint density at radius 3 is 2.31 bits per heavy atom. The first-order chi connectivity index (χ1) is 19.6. The van der Waals surface area contributed by atoms with Crippen LogP contribution in [0.25, 0.3) is 0 Å². The van der Waals surface area contributed by atoms with Crippen molar-refractivity contribution in [3.63, 3.8) is 0 Å². The summed E-state index contributed by atoms with van der Waals surface area (Å²) in [7, 11) is 0. The predicted octanol–water partition coefficient (Wildman–Crippen LogP) is 1.33. The Hall–Kier alpha value is -3.23. The number of aromatic carboxylic acids is 1. The topological polar surface area (TPSA) is 173 Å². The molecule has 3 amide bonds. The number of carbonyl (C=O) groups excluding carboxylic acids is 3. The summed E-state index contributed by atoms with van der Waals surface area (Å²) >= 11 is 2.50. The Morgan fingerprint density at radius 1 is 1.02 bits per heavy atom. The van der Waals surface area contributed by atoms with Gasteiger partial charge in [0.15, 0.2) is 0 Å². The van der Waals surface area contributed by atoms with Crippen LogP contribution in [0.2, 0.25) is 0 Å². The summed E-state index contributed by atoms with van der Waals surface area (Å²) < 4.78 is 0. The molecular formula is C28H26N3NaO8S2. The molecule has 0 radical (unpaired) electrons. The van der Waals surface area contributed by atoms with Crippen molar-refractivity contribution < 1.29 is 39.3 Å². The zero-order valence-corrected chi connectivity index (χ0v) is 23.1. The number of allylic oxidation sites excluding steroid dienone is 1. The fourth-order valence-corrected chi connectivity index (χ4v) is 7.02. The zero-order chi connectivity index (χ0) is 29.3. The van der Waals surface area contributed by atoms with Crippen molar-refractivity contribution in [2.45, 2.75) is 29.2 Å². The van der Waals surface area contributed by atoms with Crippen LogP contribution in [0.4, 0.5) is 0 Å². The minimum atomic E-state index is -1.30. The van der Waals surface area contributed by atoms with Crippen molar-refractivity contribution in [2.24, 2.45) is 0 Å². The molecule has 3 heterocycles. The molecule has 5 N–H and O–H groups in total. The number of β-lactam (4-membered cyclic amide) rings is 1. The number of thioether (sulfide) groups is 2. The quantitative estimate of drug-likeness (QED) is 0.119. The molecular weight excluding hydrogens is 593 g/mol. The van der Waals surface area contributed by atoms with Crippen LogP contribution in [0.5, 0.6) is 5.75 Å². The van der Waals surface area contributed by atoms with Gasteiger partial charge in [-0.05, 0) is 65.9 Å². The summed E-state index contributed by atoms with van der Waals surface area (Å²) in [6, 6.07) is 11.6. The number of carbonyl (C=O) groups is 5. The van der Waals surface area contributed by atoms with Gasteiger partial charge in [-0.25, -0.2) is 9.59 Å². The van der Waals surface area contributed by atoms with Gasteiger partial charge in [-0.2, -0.15) is 0 Å². The average molecular weight is 620 g/mol. The molecule has 42 heavy (non-hydrogen) atoms. The summed E-state index contributed by atoms with van der Waals surface area (Å²) in [6.07, 6.45) is 0.660. The molecule has 0 aliphatic carbocycles. The molecule has 0 bridgehead atoms. The zero-order valence-electron chi connectivity index (χ0n) is 21.5. The maximum absolute atomic E-state index is 13.2. The van der Waals surface area contributed by atoms with Gasteiger partial charge in [-0.1, -0.05) is 12.1 Å². The van der Waals surface area contributed by atoms with Gasteiger partial charge >= 0.3 is 41.5 Å². The number of phenolic OH excluding ortho intramolecular Hbond substituents is 1. The molecule has 11 nitrogen and oxygen atoms in total. The van der Waals surface area contributed by atoms with E-state index in [2.05, 4.69) is 10.6 Å². The summed E-state index contributed by atoms with van der Waals surface area (Å²) in [5.74, 6) is -3.31. The molecule has 214 valence electrons. The van der Waals surface area contributed by atoms with Gasteiger partial charge in [0.05, 0.1) is 11.3 Å². The van der Waals surface area contributed by atoms with E-state index >= 15 is 0 Å². The Kier molecular flexibility index (Phi) is 10.1. The van der Waals surface area contributed by atoms with Crippen LogP contribution < -0.4 is 10.6 Å². The molecule has 0 saturated carbocycles. The Balaban J connectivity index is 0.00000405. The molecule has 2 saturated heterocycles. The summed E-state index contributed by atoms with van der Waals surface area (Å²) in [5, 5.41) is 33.7. The normalized spacial score (nSPS) is 20.6. The second-order valence-corrected chi connectivity index (χ2v) is 11.7. The second kappa shape index (κ2) is 13.4.